The molecule has 0 spiro atoms. The van der Waals surface area contributed by atoms with E-state index in [1.54, 1.807) is 12.3 Å². The average Bonchev–Trinajstić information content (AvgIpc) is 2.94. The van der Waals surface area contributed by atoms with Crippen LogP contribution in [0.3, 0.4) is 0 Å². The normalized spacial score (nSPS) is 11.8. The van der Waals surface area contributed by atoms with Gasteiger partial charge in [-0.2, -0.15) is 0 Å². The minimum absolute atomic E-state index is 0. The van der Waals surface area contributed by atoms with Crippen LogP contribution in [0.2, 0.25) is 0 Å². The third kappa shape index (κ3) is 8.14. The van der Waals surface area contributed by atoms with Crippen LogP contribution in [0.5, 0.6) is 0 Å². The Morgan fingerprint density at radius 3 is 2.17 bits per heavy atom. The molecule has 187 valence electrons. The Hall–Kier alpha value is -3.28. The van der Waals surface area contributed by atoms with Gasteiger partial charge in [-0.3, -0.25) is 4.98 Å². The maximum atomic E-state index is 8.70. The maximum absolute atomic E-state index is 8.70. The molecule has 0 aliphatic heterocycles. The first-order chi connectivity index (χ1) is 17.0. The van der Waals surface area contributed by atoms with Crippen molar-refractivity contribution in [1.29, 1.82) is 0 Å². The van der Waals surface area contributed by atoms with Crippen molar-refractivity contribution in [3.05, 3.63) is 103 Å². The molecule has 1 radical (unpaired) electrons. The molecule has 36 heavy (non-hydrogen) atoms. The van der Waals surface area contributed by atoms with Gasteiger partial charge in [0.25, 0.3) is 0 Å². The molecule has 1 heterocycles. The molecule has 0 fully saturated rings. The van der Waals surface area contributed by atoms with E-state index in [0.717, 1.165) is 33.8 Å². The fourth-order valence-electron chi connectivity index (χ4n) is 3.16. The number of benzene rings is 3. The monoisotopic (exact) mass is 661 g/mol. The van der Waals surface area contributed by atoms with Gasteiger partial charge < -0.3 is 24.7 Å². The summed E-state index contributed by atoms with van der Waals surface area (Å²) in [6.07, 6.45) is -0.0570. The molecule has 0 amide bonds. The van der Waals surface area contributed by atoms with Gasteiger partial charge in [-0.05, 0) is 17.2 Å². The van der Waals surface area contributed by atoms with Crippen LogP contribution in [0.25, 0.3) is 38.6 Å². The van der Waals surface area contributed by atoms with Gasteiger partial charge in [-0.25, -0.2) is 4.85 Å². The first-order valence-corrected chi connectivity index (χ1v) is 10.8. The molecule has 2 unspecified atom stereocenters. The van der Waals surface area contributed by atoms with Gasteiger partial charge in [0.2, 0.25) is 0 Å². The summed E-state index contributed by atoms with van der Waals surface area (Å²) < 4.78 is 8.88. The zero-order valence-electron chi connectivity index (χ0n) is 19.8. The third-order valence-corrected chi connectivity index (χ3v) is 5.00. The van der Waals surface area contributed by atoms with Gasteiger partial charge >= 0.3 is 0 Å². The predicted molar refractivity (Wildman–Crippen MR) is 134 cm³/mol. The summed E-state index contributed by atoms with van der Waals surface area (Å²) in [5, 5.41) is 17.4. The Morgan fingerprint density at radius 1 is 0.889 bits per heavy atom. The van der Waals surface area contributed by atoms with E-state index in [4.69, 9.17) is 21.8 Å². The first-order valence-electron chi connectivity index (χ1n) is 10.8. The van der Waals surface area contributed by atoms with Crippen molar-refractivity contribution in [1.82, 2.24) is 9.97 Å². The smallest absolute Gasteiger partial charge is 0.187 e. The number of hydrogen-bond acceptors (Lipinski definition) is 6. The first kappa shape index (κ1) is 29.0. The Bertz CT molecular complexity index is 1240. The molecule has 0 bridgehead atoms. The Kier molecular flexibility index (Phi) is 12.0. The van der Waals surface area contributed by atoms with Crippen LogP contribution < -0.4 is 0 Å². The topological polar surface area (TPSA) is 89.1 Å². The Balaban J connectivity index is 0.000000394. The molecule has 3 aromatic carbocycles. The summed E-state index contributed by atoms with van der Waals surface area (Å²) in [6.45, 7) is 7.21. The molecule has 2 N–H and O–H groups in total. The molecule has 2 atom stereocenters. The van der Waals surface area contributed by atoms with Crippen molar-refractivity contribution in [2.75, 3.05) is 14.2 Å². The number of methoxy groups -OCH3 is 2. The summed E-state index contributed by atoms with van der Waals surface area (Å²) >= 11 is 0. The minimum Gasteiger partial charge on any atom is -0.368 e. The van der Waals surface area contributed by atoms with Gasteiger partial charge in [-0.15, -0.1) is 35.9 Å². The summed E-state index contributed by atoms with van der Waals surface area (Å²) in [7, 11) is 2.71. The van der Waals surface area contributed by atoms with Crippen LogP contribution in [0.15, 0.2) is 85.1 Å². The van der Waals surface area contributed by atoms with E-state index in [2.05, 4.69) is 25.4 Å². The van der Waals surface area contributed by atoms with Gasteiger partial charge in [0.1, 0.15) is 0 Å². The third-order valence-electron chi connectivity index (χ3n) is 5.00. The number of aliphatic hydroxyl groups is 2. The SMILES string of the molecule is COC(O)CC(O)OC.[C-]#[N+]c1cccc(-c2cnc(-c3[c-]cccc3)c(-c3ccccc3)n2)c1.[Ir]. The molecule has 0 saturated heterocycles. The van der Waals surface area contributed by atoms with Crippen molar-refractivity contribution < 1.29 is 39.8 Å². The van der Waals surface area contributed by atoms with Crippen LogP contribution >= 0.6 is 0 Å². The Morgan fingerprint density at radius 2 is 1.56 bits per heavy atom. The second-order valence-corrected chi connectivity index (χ2v) is 7.37. The van der Waals surface area contributed by atoms with Crippen molar-refractivity contribution in [3.63, 3.8) is 0 Å². The van der Waals surface area contributed by atoms with Gasteiger partial charge in [0.05, 0.1) is 18.0 Å². The minimum atomic E-state index is -0.944. The van der Waals surface area contributed by atoms with Gasteiger partial charge in [0, 0.05) is 52.6 Å². The molecular formula is C28H26IrN3O4-. The molecule has 8 heteroatoms. The number of rotatable bonds is 7. The van der Waals surface area contributed by atoms with Crippen LogP contribution in [0.1, 0.15) is 6.42 Å². The van der Waals surface area contributed by atoms with E-state index >= 15 is 0 Å². The van der Waals surface area contributed by atoms with E-state index in [9.17, 15) is 0 Å². The summed E-state index contributed by atoms with van der Waals surface area (Å²) in [4.78, 5) is 13.1. The van der Waals surface area contributed by atoms with Crippen LogP contribution in [-0.2, 0) is 29.6 Å². The molecule has 4 aromatic rings. The molecule has 1 aromatic heterocycles. The zero-order valence-corrected chi connectivity index (χ0v) is 22.2. The fraction of sp³-hybridized carbons (Fsp3) is 0.179. The summed E-state index contributed by atoms with van der Waals surface area (Å²) in [5.74, 6) is 0. The van der Waals surface area contributed by atoms with Crippen molar-refractivity contribution >= 4 is 5.69 Å². The molecule has 4 rings (SSSR count). The van der Waals surface area contributed by atoms with Crippen molar-refractivity contribution in [2.45, 2.75) is 19.0 Å². The number of aliphatic hydroxyl groups excluding tert-OH is 2. The standard InChI is InChI=1S/C23H14N3.C5H12O4.Ir/c1-24-20-14-8-13-19(15-20)21-16-25-22(17-9-4-2-5-10-17)23(26-21)18-11-6-3-7-12-18;1-8-4(6)3-5(7)9-2;/h2-9,11-16H;4-7H,3H2,1-2H3;/q-1;;. The number of ether oxygens (including phenoxy) is 2. The van der Waals surface area contributed by atoms with Crippen LogP contribution in [-0.4, -0.2) is 47.0 Å². The predicted octanol–water partition coefficient (Wildman–Crippen LogP) is 5.13. The van der Waals surface area contributed by atoms with E-state index in [-0.39, 0.29) is 26.5 Å². The quantitative estimate of drug-likeness (QED) is 0.211. The van der Waals surface area contributed by atoms with E-state index in [1.165, 1.54) is 14.2 Å². The maximum Gasteiger partial charge on any atom is 0.187 e. The molecule has 0 aliphatic carbocycles. The number of aromatic nitrogens is 2. The van der Waals surface area contributed by atoms with Crippen LogP contribution in [0.4, 0.5) is 5.69 Å². The van der Waals surface area contributed by atoms with E-state index in [1.807, 2.05) is 72.8 Å². The molecule has 0 aliphatic rings. The summed E-state index contributed by atoms with van der Waals surface area (Å²) in [5.41, 5.74) is 5.71. The summed E-state index contributed by atoms with van der Waals surface area (Å²) in [6, 6.07) is 28.4. The average molecular weight is 661 g/mol. The van der Waals surface area contributed by atoms with Gasteiger partial charge in [-0.1, -0.05) is 48.5 Å². The van der Waals surface area contributed by atoms with Crippen molar-refractivity contribution in [3.8, 4) is 33.8 Å². The fourth-order valence-corrected chi connectivity index (χ4v) is 3.16. The zero-order chi connectivity index (χ0) is 25.0. The second-order valence-electron chi connectivity index (χ2n) is 7.37. The number of nitrogens with zero attached hydrogens (tertiary/aromatic N) is 3. The van der Waals surface area contributed by atoms with Gasteiger partial charge in [0.15, 0.2) is 18.3 Å². The number of hydrogen-bond donors (Lipinski definition) is 2. The van der Waals surface area contributed by atoms with E-state index < -0.39 is 12.6 Å². The molecule has 0 saturated carbocycles. The van der Waals surface area contributed by atoms with Crippen LogP contribution in [0, 0.1) is 12.6 Å². The second kappa shape index (κ2) is 15.0. The molecule has 7 nitrogen and oxygen atoms in total. The van der Waals surface area contributed by atoms with E-state index in [0.29, 0.717) is 5.69 Å². The molecular weight excluding hydrogens is 635 g/mol. The van der Waals surface area contributed by atoms with Crippen molar-refractivity contribution in [2.24, 2.45) is 0 Å². The largest absolute Gasteiger partial charge is 0.368 e. The Labute approximate surface area is 224 Å².